The molecule has 1 aliphatic rings. The van der Waals surface area contributed by atoms with Crippen LogP contribution in [0.3, 0.4) is 0 Å². The summed E-state index contributed by atoms with van der Waals surface area (Å²) in [4.78, 5) is 0. The van der Waals surface area contributed by atoms with Gasteiger partial charge in [-0.15, -0.1) is 0 Å². The van der Waals surface area contributed by atoms with Gasteiger partial charge in [-0.2, -0.15) is 5.10 Å². The molecule has 0 fully saturated rings. The molecule has 60 valence electrons. The third-order valence-corrected chi connectivity index (χ3v) is 2.23. The van der Waals surface area contributed by atoms with Crippen molar-refractivity contribution in [3.63, 3.8) is 0 Å². The summed E-state index contributed by atoms with van der Waals surface area (Å²) in [5, 5.41) is 4.35. The molecule has 1 aromatic rings. The zero-order valence-corrected chi connectivity index (χ0v) is 6.75. The zero-order chi connectivity index (χ0) is 7.84. The van der Waals surface area contributed by atoms with Gasteiger partial charge in [-0.05, 0) is 24.8 Å². The Morgan fingerprint density at radius 2 is 2.55 bits per heavy atom. The Morgan fingerprint density at radius 1 is 1.73 bits per heavy atom. The fourth-order valence-electron chi connectivity index (χ4n) is 1.67. The van der Waals surface area contributed by atoms with Crippen LogP contribution in [0.2, 0.25) is 0 Å². The maximum Gasteiger partial charge on any atom is 0.0657 e. The lowest BCUT2D eigenvalue weighted by Gasteiger charge is -2.15. The van der Waals surface area contributed by atoms with Crippen LogP contribution >= 0.6 is 0 Å². The predicted molar refractivity (Wildman–Crippen MR) is 43.2 cm³/mol. The molecule has 1 aliphatic carbocycles. The Bertz CT molecular complexity index is 264. The van der Waals surface area contributed by atoms with E-state index in [-0.39, 0.29) is 0 Å². The number of rotatable bonds is 0. The Morgan fingerprint density at radius 3 is 3.36 bits per heavy atom. The van der Waals surface area contributed by atoms with Gasteiger partial charge in [-0.3, -0.25) is 4.68 Å². The molecule has 0 unspecified atom stereocenters. The number of aryl methyl sites for hydroxylation is 2. The molecule has 11 heavy (non-hydrogen) atoms. The monoisotopic (exact) mass is 151 g/mol. The first-order valence-electron chi connectivity index (χ1n) is 4.02. The van der Waals surface area contributed by atoms with E-state index in [2.05, 4.69) is 11.3 Å². The van der Waals surface area contributed by atoms with Crippen LogP contribution in [-0.2, 0) is 19.9 Å². The van der Waals surface area contributed by atoms with Gasteiger partial charge in [-0.1, -0.05) is 0 Å². The highest BCUT2D eigenvalue weighted by Crippen LogP contribution is 2.17. The molecule has 0 aromatic carbocycles. The van der Waals surface area contributed by atoms with Crippen LogP contribution in [0.4, 0.5) is 0 Å². The third kappa shape index (κ3) is 1.16. The smallest absolute Gasteiger partial charge is 0.0657 e. The van der Waals surface area contributed by atoms with Crippen LogP contribution in [0.1, 0.15) is 17.7 Å². The van der Waals surface area contributed by atoms with Gasteiger partial charge in [0.1, 0.15) is 0 Å². The van der Waals surface area contributed by atoms with Crippen molar-refractivity contribution in [3.8, 4) is 0 Å². The number of fused-ring (bicyclic) bond motifs is 1. The van der Waals surface area contributed by atoms with Crippen molar-refractivity contribution in [2.24, 2.45) is 12.8 Å². The minimum atomic E-state index is 0.353. The van der Waals surface area contributed by atoms with Crippen LogP contribution in [0.5, 0.6) is 0 Å². The molecular weight excluding hydrogens is 138 g/mol. The minimum Gasteiger partial charge on any atom is -0.327 e. The summed E-state index contributed by atoms with van der Waals surface area (Å²) in [6.45, 7) is 0. The second-order valence-corrected chi connectivity index (χ2v) is 3.28. The van der Waals surface area contributed by atoms with Gasteiger partial charge in [0.15, 0.2) is 0 Å². The van der Waals surface area contributed by atoms with Gasteiger partial charge in [0.25, 0.3) is 0 Å². The highest BCUT2D eigenvalue weighted by Gasteiger charge is 2.17. The largest absolute Gasteiger partial charge is 0.327 e. The summed E-state index contributed by atoms with van der Waals surface area (Å²) in [5.74, 6) is 0. The Balaban J connectivity index is 2.34. The molecule has 3 heteroatoms. The van der Waals surface area contributed by atoms with E-state index in [1.165, 1.54) is 11.3 Å². The van der Waals surface area contributed by atoms with E-state index in [1.54, 1.807) is 0 Å². The first-order valence-corrected chi connectivity index (χ1v) is 4.02. The molecule has 0 saturated carbocycles. The van der Waals surface area contributed by atoms with Gasteiger partial charge < -0.3 is 5.73 Å². The maximum atomic E-state index is 5.82. The Labute approximate surface area is 66.2 Å². The van der Waals surface area contributed by atoms with E-state index in [0.717, 1.165) is 19.3 Å². The number of aromatic nitrogens is 2. The molecule has 2 N–H and O–H groups in total. The van der Waals surface area contributed by atoms with E-state index >= 15 is 0 Å². The molecule has 1 heterocycles. The molecule has 0 saturated heterocycles. The number of nitrogens with two attached hydrogens (primary N) is 1. The summed E-state index contributed by atoms with van der Waals surface area (Å²) in [6.07, 6.45) is 5.22. The van der Waals surface area contributed by atoms with Crippen LogP contribution in [0.15, 0.2) is 6.20 Å². The van der Waals surface area contributed by atoms with E-state index in [9.17, 15) is 0 Å². The molecule has 0 radical (unpaired) electrons. The second kappa shape index (κ2) is 2.34. The quantitative estimate of drug-likeness (QED) is 0.577. The third-order valence-electron chi connectivity index (χ3n) is 2.23. The topological polar surface area (TPSA) is 43.8 Å². The summed E-state index contributed by atoms with van der Waals surface area (Å²) in [7, 11) is 1.96. The van der Waals surface area contributed by atoms with Crippen molar-refractivity contribution < 1.29 is 0 Å². The molecule has 0 bridgehead atoms. The highest BCUT2D eigenvalue weighted by atomic mass is 15.3. The standard InChI is InChI=1S/C8H13N3/c1-11-5-6-4-7(9)2-3-8(6)10-11/h5,7H,2-4,9H2,1H3/t7-/m1/s1. The van der Waals surface area contributed by atoms with Crippen molar-refractivity contribution in [1.29, 1.82) is 0 Å². The molecule has 3 nitrogen and oxygen atoms in total. The van der Waals surface area contributed by atoms with Crippen LogP contribution in [0, 0.1) is 0 Å². The Hall–Kier alpha value is -0.830. The maximum absolute atomic E-state index is 5.82. The first-order chi connectivity index (χ1) is 5.25. The van der Waals surface area contributed by atoms with Crippen LogP contribution in [0.25, 0.3) is 0 Å². The summed E-state index contributed by atoms with van der Waals surface area (Å²) < 4.78 is 1.88. The fraction of sp³-hybridized carbons (Fsp3) is 0.625. The molecule has 1 atom stereocenters. The number of nitrogens with zero attached hydrogens (tertiary/aromatic N) is 2. The molecule has 0 amide bonds. The summed E-state index contributed by atoms with van der Waals surface area (Å²) >= 11 is 0. The molecule has 0 aliphatic heterocycles. The SMILES string of the molecule is Cn1cc2c(n1)CC[C@@H](N)C2. The van der Waals surface area contributed by atoms with Crippen LogP contribution in [-0.4, -0.2) is 15.8 Å². The highest BCUT2D eigenvalue weighted by molar-refractivity contribution is 5.21. The summed E-state index contributed by atoms with van der Waals surface area (Å²) in [6, 6.07) is 0.353. The molecule has 0 spiro atoms. The van der Waals surface area contributed by atoms with E-state index in [0.29, 0.717) is 6.04 Å². The lowest BCUT2D eigenvalue weighted by Crippen LogP contribution is -2.27. The van der Waals surface area contributed by atoms with Crippen molar-refractivity contribution in [3.05, 3.63) is 17.5 Å². The zero-order valence-electron chi connectivity index (χ0n) is 6.75. The fourth-order valence-corrected chi connectivity index (χ4v) is 1.67. The lowest BCUT2D eigenvalue weighted by atomic mass is 9.94. The molecule has 1 aromatic heterocycles. The predicted octanol–water partition coefficient (Wildman–Crippen LogP) is 0.236. The van der Waals surface area contributed by atoms with Gasteiger partial charge in [0, 0.05) is 19.3 Å². The summed E-state index contributed by atoms with van der Waals surface area (Å²) in [5.41, 5.74) is 8.41. The van der Waals surface area contributed by atoms with E-state index < -0.39 is 0 Å². The van der Waals surface area contributed by atoms with Gasteiger partial charge >= 0.3 is 0 Å². The van der Waals surface area contributed by atoms with Gasteiger partial charge in [-0.25, -0.2) is 0 Å². The lowest BCUT2D eigenvalue weighted by molar-refractivity contribution is 0.569. The second-order valence-electron chi connectivity index (χ2n) is 3.28. The van der Waals surface area contributed by atoms with E-state index in [4.69, 9.17) is 5.73 Å². The van der Waals surface area contributed by atoms with Crippen molar-refractivity contribution in [1.82, 2.24) is 9.78 Å². The normalized spacial score (nSPS) is 23.3. The van der Waals surface area contributed by atoms with Crippen LogP contribution < -0.4 is 5.73 Å². The molecular formula is C8H13N3. The van der Waals surface area contributed by atoms with E-state index in [1.807, 2.05) is 11.7 Å². The minimum absolute atomic E-state index is 0.353. The van der Waals surface area contributed by atoms with Crippen molar-refractivity contribution >= 4 is 0 Å². The average Bonchev–Trinajstić information content (AvgIpc) is 2.27. The van der Waals surface area contributed by atoms with Crippen molar-refractivity contribution in [2.75, 3.05) is 0 Å². The molecule has 2 rings (SSSR count). The average molecular weight is 151 g/mol. The van der Waals surface area contributed by atoms with Gasteiger partial charge in [0.05, 0.1) is 5.69 Å². The number of hydrogen-bond donors (Lipinski definition) is 1. The van der Waals surface area contributed by atoms with Gasteiger partial charge in [0.2, 0.25) is 0 Å². The Kier molecular flexibility index (Phi) is 1.46. The first kappa shape index (κ1) is 6.85. The van der Waals surface area contributed by atoms with Crippen molar-refractivity contribution in [2.45, 2.75) is 25.3 Å². The number of hydrogen-bond acceptors (Lipinski definition) is 2.